The topological polar surface area (TPSA) is 30.9 Å². The van der Waals surface area contributed by atoms with E-state index < -0.39 is 0 Å². The second-order valence-corrected chi connectivity index (χ2v) is 14.3. The summed E-state index contributed by atoms with van der Waals surface area (Å²) in [5.74, 6) is 0.858. The first-order chi connectivity index (χ1) is 25.4. The maximum absolute atomic E-state index is 4.93. The number of aromatic nitrogens is 4. The molecule has 9 rings (SSSR count). The third-order valence-electron chi connectivity index (χ3n) is 10.0. The van der Waals surface area contributed by atoms with Gasteiger partial charge in [0.1, 0.15) is 11.5 Å². The molecular weight excluding hydrogens is 830 g/mol. The van der Waals surface area contributed by atoms with Crippen LogP contribution in [0, 0.1) is 13.0 Å². The fourth-order valence-electron chi connectivity index (χ4n) is 7.54. The number of hydrogen-bond acceptors (Lipinski definition) is 2. The van der Waals surface area contributed by atoms with Gasteiger partial charge in [-0.1, -0.05) is 77.9 Å². The first-order valence-corrected chi connectivity index (χ1v) is 17.8. The van der Waals surface area contributed by atoms with E-state index in [0.717, 1.165) is 56.1 Å². The zero-order chi connectivity index (χ0) is 35.4. The van der Waals surface area contributed by atoms with E-state index in [1.54, 1.807) is 0 Å². The molecule has 6 heteroatoms. The van der Waals surface area contributed by atoms with Crippen LogP contribution in [0.1, 0.15) is 26.3 Å². The molecule has 0 N–H and O–H groups in total. The van der Waals surface area contributed by atoms with Gasteiger partial charge in [-0.25, -0.2) is 9.55 Å². The van der Waals surface area contributed by atoms with Crippen LogP contribution < -0.4 is 4.90 Å². The van der Waals surface area contributed by atoms with Crippen LogP contribution >= 0.6 is 0 Å². The van der Waals surface area contributed by atoms with E-state index in [4.69, 9.17) is 4.98 Å². The average Bonchev–Trinajstić information content (AvgIpc) is 3.73. The van der Waals surface area contributed by atoms with Gasteiger partial charge in [0.05, 0.1) is 11.2 Å². The summed E-state index contributed by atoms with van der Waals surface area (Å²) in [7, 11) is 0. The Morgan fingerprint density at radius 2 is 1.32 bits per heavy atom. The second kappa shape index (κ2) is 13.7. The summed E-state index contributed by atoms with van der Waals surface area (Å²) in [5, 5.41) is 2.30. The predicted octanol–water partition coefficient (Wildman–Crippen LogP) is 12.2. The molecule has 0 aliphatic rings. The molecule has 9 aromatic rings. The molecule has 3 heterocycles. The van der Waals surface area contributed by atoms with Crippen LogP contribution in [0.3, 0.4) is 0 Å². The van der Waals surface area contributed by atoms with Crippen molar-refractivity contribution in [1.29, 1.82) is 0 Å². The Balaban J connectivity index is 0.00000400. The van der Waals surface area contributed by atoms with E-state index in [0.29, 0.717) is 0 Å². The SMILES string of the molecule is Cc1c(N(c2[c-]c3c(cc2)c2ccccc2n3-c2cc(-c3ccccc3)ccn2)c2ccccc2)cccc1-n1[cH+]n(C(C)(C)C)c2ccccc21.[Pt]. The molecule has 6 aromatic carbocycles. The van der Waals surface area contributed by atoms with Crippen LogP contribution in [-0.2, 0) is 26.6 Å². The van der Waals surface area contributed by atoms with Crippen molar-refractivity contribution in [3.05, 3.63) is 176 Å². The fraction of sp³-hybridized carbons (Fsp3) is 0.106. The van der Waals surface area contributed by atoms with Crippen molar-refractivity contribution in [1.82, 2.24) is 18.7 Å². The largest absolute Gasteiger partial charge is 0.333 e. The number of para-hydroxylation sites is 4. The summed E-state index contributed by atoms with van der Waals surface area (Å²) in [5.41, 5.74) is 12.1. The van der Waals surface area contributed by atoms with Gasteiger partial charge >= 0.3 is 0 Å². The third-order valence-corrected chi connectivity index (χ3v) is 10.0. The summed E-state index contributed by atoms with van der Waals surface area (Å²) in [6.45, 7) is 8.99. The summed E-state index contributed by atoms with van der Waals surface area (Å²) in [6, 6.07) is 57.5. The minimum Gasteiger partial charge on any atom is -0.333 e. The van der Waals surface area contributed by atoms with Gasteiger partial charge in [0.15, 0.2) is 17.4 Å². The molecule has 0 aliphatic heterocycles. The molecule has 0 atom stereocenters. The van der Waals surface area contributed by atoms with Crippen molar-refractivity contribution in [3.63, 3.8) is 0 Å². The molecule has 0 saturated carbocycles. The molecule has 5 nitrogen and oxygen atoms in total. The van der Waals surface area contributed by atoms with Crippen LogP contribution in [0.4, 0.5) is 17.1 Å². The third kappa shape index (κ3) is 5.96. The number of imidazole rings is 1. The van der Waals surface area contributed by atoms with Crippen molar-refractivity contribution >= 4 is 49.9 Å². The fourth-order valence-corrected chi connectivity index (χ4v) is 7.54. The second-order valence-electron chi connectivity index (χ2n) is 14.3. The monoisotopic (exact) mass is 868 g/mol. The molecule has 53 heavy (non-hydrogen) atoms. The maximum atomic E-state index is 4.93. The number of fused-ring (bicyclic) bond motifs is 4. The first kappa shape index (κ1) is 34.3. The number of hydrogen-bond donors (Lipinski definition) is 0. The quantitative estimate of drug-likeness (QED) is 0.156. The first-order valence-electron chi connectivity index (χ1n) is 17.8. The van der Waals surface area contributed by atoms with E-state index in [1.165, 1.54) is 22.0 Å². The summed E-state index contributed by atoms with van der Waals surface area (Å²) in [6.07, 6.45) is 4.15. The molecule has 3 aromatic heterocycles. The van der Waals surface area contributed by atoms with Crippen LogP contribution in [0.25, 0.3) is 55.5 Å². The minimum absolute atomic E-state index is 0. The molecule has 0 aliphatic carbocycles. The molecule has 0 fully saturated rings. The zero-order valence-corrected chi connectivity index (χ0v) is 32.4. The minimum atomic E-state index is -0.0786. The number of anilines is 3. The smallest absolute Gasteiger partial charge is 0.191 e. The Kier molecular flexibility index (Phi) is 8.84. The van der Waals surface area contributed by atoms with E-state index in [-0.39, 0.29) is 26.6 Å². The molecule has 0 spiro atoms. The van der Waals surface area contributed by atoms with E-state index >= 15 is 0 Å². The summed E-state index contributed by atoms with van der Waals surface area (Å²) >= 11 is 0. The number of rotatable bonds is 6. The van der Waals surface area contributed by atoms with Crippen molar-refractivity contribution in [3.8, 4) is 22.6 Å². The van der Waals surface area contributed by atoms with Crippen LogP contribution in [0.2, 0.25) is 0 Å². The Labute approximate surface area is 324 Å². The Morgan fingerprint density at radius 3 is 2.08 bits per heavy atom. The molecular formula is C47H39N5Pt. The molecule has 0 amide bonds. The Morgan fingerprint density at radius 1 is 0.642 bits per heavy atom. The maximum Gasteiger partial charge on any atom is 0.191 e. The molecule has 0 unspecified atom stereocenters. The molecule has 0 saturated heterocycles. The van der Waals surface area contributed by atoms with Gasteiger partial charge in [-0.3, -0.25) is 0 Å². The number of benzene rings is 6. The Hall–Kier alpha value is -5.77. The normalized spacial score (nSPS) is 11.6. The van der Waals surface area contributed by atoms with Crippen LogP contribution in [0.15, 0.2) is 164 Å². The van der Waals surface area contributed by atoms with Crippen LogP contribution in [-0.4, -0.2) is 18.7 Å². The number of nitrogens with zero attached hydrogens (tertiary/aromatic N) is 5. The van der Waals surface area contributed by atoms with E-state index in [1.807, 2.05) is 12.3 Å². The predicted molar refractivity (Wildman–Crippen MR) is 216 cm³/mol. The van der Waals surface area contributed by atoms with Crippen LogP contribution in [0.5, 0.6) is 0 Å². The van der Waals surface area contributed by atoms with Gasteiger partial charge in [-0.2, -0.15) is 10.6 Å². The van der Waals surface area contributed by atoms with Crippen molar-refractivity contribution < 1.29 is 21.1 Å². The van der Waals surface area contributed by atoms with Gasteiger partial charge in [-0.15, -0.1) is 17.5 Å². The van der Waals surface area contributed by atoms with Crippen molar-refractivity contribution in [2.24, 2.45) is 0 Å². The standard InChI is InChI=1S/C47H39N5.Pt/c1-33-40(49-32-50(47(2,3)4)44-23-14-13-22-43(44)49)24-15-25-41(33)51(36-18-9-6-10-19-36)37-26-27-39-38-20-11-12-21-42(38)52(45(39)31-37)46-30-35(28-29-48-46)34-16-7-5-8-17-34;/h5-30,32H,1-4H3;. The van der Waals surface area contributed by atoms with Gasteiger partial charge < -0.3 is 9.47 Å². The van der Waals surface area contributed by atoms with Gasteiger partial charge in [0, 0.05) is 62.2 Å². The zero-order valence-electron chi connectivity index (χ0n) is 30.1. The van der Waals surface area contributed by atoms with E-state index in [9.17, 15) is 0 Å². The van der Waals surface area contributed by atoms with Crippen molar-refractivity contribution in [2.45, 2.75) is 33.2 Å². The van der Waals surface area contributed by atoms with Gasteiger partial charge in [-0.05, 0) is 98.8 Å². The summed E-state index contributed by atoms with van der Waals surface area (Å²) < 4.78 is 6.95. The Bertz CT molecular complexity index is 2740. The molecule has 0 radical (unpaired) electrons. The van der Waals surface area contributed by atoms with Gasteiger partial charge in [0.25, 0.3) is 0 Å². The molecule has 262 valence electrons. The molecule has 0 bridgehead atoms. The average molecular weight is 869 g/mol. The van der Waals surface area contributed by atoms with E-state index in [2.05, 4.69) is 204 Å². The number of pyridine rings is 1. The van der Waals surface area contributed by atoms with Gasteiger partial charge in [0.2, 0.25) is 0 Å². The van der Waals surface area contributed by atoms with Crippen molar-refractivity contribution in [2.75, 3.05) is 4.90 Å². The summed E-state index contributed by atoms with van der Waals surface area (Å²) in [4.78, 5) is 7.26.